The number of imidazole rings is 1. The van der Waals surface area contributed by atoms with Crippen LogP contribution in [0.3, 0.4) is 0 Å². The van der Waals surface area contributed by atoms with Crippen molar-refractivity contribution in [3.8, 4) is 0 Å². The summed E-state index contributed by atoms with van der Waals surface area (Å²) in [5.74, 6) is 0.931. The number of benzene rings is 2. The van der Waals surface area contributed by atoms with Gasteiger partial charge in [-0.15, -0.1) is 0 Å². The van der Waals surface area contributed by atoms with Crippen LogP contribution in [0.1, 0.15) is 11.4 Å². The minimum atomic E-state index is 0.686. The first-order valence-corrected chi connectivity index (χ1v) is 6.77. The van der Waals surface area contributed by atoms with Gasteiger partial charge in [-0.2, -0.15) is 0 Å². The Kier molecular flexibility index (Phi) is 3.10. The highest BCUT2D eigenvalue weighted by atomic mass is 79.9. The van der Waals surface area contributed by atoms with Crippen molar-refractivity contribution in [2.75, 3.05) is 0 Å². The topological polar surface area (TPSA) is 28.7 Å². The van der Waals surface area contributed by atoms with E-state index in [1.807, 2.05) is 30.3 Å². The number of halogens is 2. The summed E-state index contributed by atoms with van der Waals surface area (Å²) in [7, 11) is 0. The van der Waals surface area contributed by atoms with E-state index in [1.165, 1.54) is 5.56 Å². The lowest BCUT2D eigenvalue weighted by atomic mass is 10.1. The van der Waals surface area contributed by atoms with Crippen LogP contribution in [0.25, 0.3) is 11.0 Å². The molecule has 0 spiro atoms. The number of hydrogen-bond donors (Lipinski definition) is 1. The van der Waals surface area contributed by atoms with Crippen molar-refractivity contribution in [3.05, 3.63) is 63.3 Å². The van der Waals surface area contributed by atoms with Crippen molar-refractivity contribution in [2.24, 2.45) is 0 Å². The van der Waals surface area contributed by atoms with Gasteiger partial charge < -0.3 is 4.98 Å². The van der Waals surface area contributed by atoms with Crippen LogP contribution in [0, 0.1) is 0 Å². The van der Waals surface area contributed by atoms with E-state index in [0.29, 0.717) is 5.02 Å². The molecule has 2 nitrogen and oxygen atoms in total. The Hall–Kier alpha value is -1.32. The first kappa shape index (κ1) is 11.8. The standard InChI is InChI=1S/C14H10BrClN2/c15-10-6-4-9(5-7-10)8-13-17-12-3-1-2-11(16)14(12)18-13/h1-7H,8H2,(H,17,18). The van der Waals surface area contributed by atoms with Crippen LogP contribution in [-0.4, -0.2) is 9.97 Å². The van der Waals surface area contributed by atoms with Crippen molar-refractivity contribution in [2.45, 2.75) is 6.42 Å². The number of hydrogen-bond acceptors (Lipinski definition) is 1. The van der Waals surface area contributed by atoms with E-state index in [-0.39, 0.29) is 0 Å². The summed E-state index contributed by atoms with van der Waals surface area (Å²) in [6, 6.07) is 14.0. The first-order valence-electron chi connectivity index (χ1n) is 5.60. The largest absolute Gasteiger partial charge is 0.342 e. The van der Waals surface area contributed by atoms with Crippen LogP contribution in [-0.2, 0) is 6.42 Å². The second-order valence-corrected chi connectivity index (χ2v) is 5.45. The fourth-order valence-corrected chi connectivity index (χ4v) is 2.41. The number of H-pyrrole nitrogens is 1. The fourth-order valence-electron chi connectivity index (χ4n) is 1.93. The number of para-hydroxylation sites is 1. The summed E-state index contributed by atoms with van der Waals surface area (Å²) < 4.78 is 1.08. The highest BCUT2D eigenvalue weighted by molar-refractivity contribution is 9.10. The lowest BCUT2D eigenvalue weighted by Crippen LogP contribution is -1.89. The van der Waals surface area contributed by atoms with Crippen molar-refractivity contribution in [1.82, 2.24) is 9.97 Å². The maximum atomic E-state index is 6.11. The van der Waals surface area contributed by atoms with Gasteiger partial charge in [0, 0.05) is 10.9 Å². The molecule has 0 atom stereocenters. The van der Waals surface area contributed by atoms with Crippen LogP contribution in [0.15, 0.2) is 46.9 Å². The van der Waals surface area contributed by atoms with Crippen LogP contribution >= 0.6 is 27.5 Å². The van der Waals surface area contributed by atoms with Crippen molar-refractivity contribution in [1.29, 1.82) is 0 Å². The molecule has 0 aliphatic carbocycles. The van der Waals surface area contributed by atoms with Gasteiger partial charge in [0.25, 0.3) is 0 Å². The third kappa shape index (κ3) is 2.28. The lowest BCUT2D eigenvalue weighted by molar-refractivity contribution is 1.04. The normalized spacial score (nSPS) is 11.0. The number of nitrogens with zero attached hydrogens (tertiary/aromatic N) is 1. The molecule has 4 heteroatoms. The van der Waals surface area contributed by atoms with E-state index < -0.39 is 0 Å². The Morgan fingerprint density at radius 2 is 1.89 bits per heavy atom. The molecule has 3 rings (SSSR count). The number of rotatable bonds is 2. The van der Waals surface area contributed by atoms with Crippen molar-refractivity contribution >= 4 is 38.6 Å². The smallest absolute Gasteiger partial charge is 0.111 e. The van der Waals surface area contributed by atoms with Gasteiger partial charge in [-0.25, -0.2) is 4.98 Å². The summed E-state index contributed by atoms with van der Waals surface area (Å²) in [5.41, 5.74) is 3.04. The molecule has 1 aromatic heterocycles. The molecule has 0 unspecified atom stereocenters. The molecule has 18 heavy (non-hydrogen) atoms. The van der Waals surface area contributed by atoms with Gasteiger partial charge in [-0.05, 0) is 29.8 Å². The molecule has 90 valence electrons. The minimum Gasteiger partial charge on any atom is -0.342 e. The second-order valence-electron chi connectivity index (χ2n) is 4.12. The Balaban J connectivity index is 1.95. The maximum Gasteiger partial charge on any atom is 0.111 e. The number of aromatic amines is 1. The van der Waals surface area contributed by atoms with Gasteiger partial charge in [0.2, 0.25) is 0 Å². The Morgan fingerprint density at radius 1 is 1.11 bits per heavy atom. The van der Waals surface area contributed by atoms with E-state index in [1.54, 1.807) is 0 Å². The molecule has 0 amide bonds. The lowest BCUT2D eigenvalue weighted by Gasteiger charge is -1.97. The summed E-state index contributed by atoms with van der Waals surface area (Å²) >= 11 is 9.53. The fraction of sp³-hybridized carbons (Fsp3) is 0.0714. The van der Waals surface area contributed by atoms with Crippen LogP contribution in [0.2, 0.25) is 5.02 Å². The van der Waals surface area contributed by atoms with E-state index in [4.69, 9.17) is 11.6 Å². The number of nitrogens with one attached hydrogen (secondary N) is 1. The quantitative estimate of drug-likeness (QED) is 0.736. The van der Waals surface area contributed by atoms with Gasteiger partial charge >= 0.3 is 0 Å². The van der Waals surface area contributed by atoms with E-state index in [0.717, 1.165) is 27.8 Å². The predicted molar refractivity (Wildman–Crippen MR) is 78.1 cm³/mol. The average molecular weight is 322 g/mol. The monoisotopic (exact) mass is 320 g/mol. The predicted octanol–water partition coefficient (Wildman–Crippen LogP) is 4.57. The van der Waals surface area contributed by atoms with Gasteiger partial charge in [0.1, 0.15) is 11.3 Å². The van der Waals surface area contributed by atoms with Crippen LogP contribution in [0.4, 0.5) is 0 Å². The Bertz CT molecular complexity index is 689. The average Bonchev–Trinajstić information content (AvgIpc) is 2.76. The van der Waals surface area contributed by atoms with Crippen LogP contribution in [0.5, 0.6) is 0 Å². The molecular formula is C14H10BrClN2. The van der Waals surface area contributed by atoms with Gasteiger partial charge in [0.15, 0.2) is 0 Å². The Morgan fingerprint density at radius 3 is 2.61 bits per heavy atom. The van der Waals surface area contributed by atoms with E-state index >= 15 is 0 Å². The summed E-state index contributed by atoms with van der Waals surface area (Å²) in [4.78, 5) is 7.82. The molecule has 1 heterocycles. The zero-order valence-electron chi connectivity index (χ0n) is 9.45. The molecule has 0 saturated carbocycles. The van der Waals surface area contributed by atoms with Gasteiger partial charge in [0.05, 0.1) is 10.5 Å². The molecule has 0 bridgehead atoms. The molecule has 0 aliphatic rings. The molecule has 0 fully saturated rings. The highest BCUT2D eigenvalue weighted by Crippen LogP contribution is 2.22. The molecule has 0 radical (unpaired) electrons. The molecule has 2 aromatic carbocycles. The molecule has 1 N–H and O–H groups in total. The third-order valence-corrected chi connectivity index (χ3v) is 3.63. The zero-order chi connectivity index (χ0) is 12.5. The molecule has 0 aliphatic heterocycles. The zero-order valence-corrected chi connectivity index (χ0v) is 11.8. The first-order chi connectivity index (χ1) is 8.72. The maximum absolute atomic E-state index is 6.11. The van der Waals surface area contributed by atoms with E-state index in [9.17, 15) is 0 Å². The third-order valence-electron chi connectivity index (χ3n) is 2.80. The molecule has 0 saturated heterocycles. The summed E-state index contributed by atoms with van der Waals surface area (Å²) in [6.07, 6.45) is 0.776. The summed E-state index contributed by atoms with van der Waals surface area (Å²) in [5, 5.41) is 0.686. The Labute approximate surface area is 118 Å². The van der Waals surface area contributed by atoms with Gasteiger partial charge in [-0.1, -0.05) is 45.7 Å². The van der Waals surface area contributed by atoms with Crippen LogP contribution < -0.4 is 0 Å². The highest BCUT2D eigenvalue weighted by Gasteiger charge is 2.06. The SMILES string of the molecule is Clc1cccc2[nH]c(Cc3ccc(Br)cc3)nc12. The van der Waals surface area contributed by atoms with E-state index in [2.05, 4.69) is 38.0 Å². The second kappa shape index (κ2) is 4.75. The van der Waals surface area contributed by atoms with Crippen molar-refractivity contribution in [3.63, 3.8) is 0 Å². The minimum absolute atomic E-state index is 0.686. The van der Waals surface area contributed by atoms with Gasteiger partial charge in [-0.3, -0.25) is 0 Å². The van der Waals surface area contributed by atoms with Crippen molar-refractivity contribution < 1.29 is 0 Å². The number of aromatic nitrogens is 2. The molecule has 3 aromatic rings. The summed E-state index contributed by atoms with van der Waals surface area (Å²) in [6.45, 7) is 0. The number of fused-ring (bicyclic) bond motifs is 1. The molecular weight excluding hydrogens is 312 g/mol.